The first-order valence-corrected chi connectivity index (χ1v) is 19.7. The molecule has 0 spiro atoms. The first-order valence-electron chi connectivity index (χ1n) is 19.2. The van der Waals surface area contributed by atoms with Crippen molar-refractivity contribution in [3.8, 4) is 11.5 Å². The number of carbonyl (C=O) groups is 5. The number of hydrogen-bond donors (Lipinski definition) is 6. The predicted octanol–water partition coefficient (Wildman–Crippen LogP) is 3.85. The van der Waals surface area contributed by atoms with Crippen LogP contribution >= 0.6 is 11.6 Å². The molecule has 2 saturated heterocycles. The van der Waals surface area contributed by atoms with Gasteiger partial charge in [0.15, 0.2) is 0 Å². The third kappa shape index (κ3) is 12.6. The van der Waals surface area contributed by atoms with Gasteiger partial charge in [-0.3, -0.25) is 19.2 Å². The van der Waals surface area contributed by atoms with Gasteiger partial charge in [-0.2, -0.15) is 0 Å². The highest BCUT2D eigenvalue weighted by Crippen LogP contribution is 2.26. The molecule has 4 rings (SSSR count). The number of rotatable bonds is 20. The van der Waals surface area contributed by atoms with Crippen LogP contribution in [-0.4, -0.2) is 104 Å². The van der Waals surface area contributed by atoms with Crippen LogP contribution in [0.25, 0.3) is 0 Å². The number of hydrogen-bond acceptors (Lipinski definition) is 8. The second kappa shape index (κ2) is 20.9. The zero-order valence-corrected chi connectivity index (χ0v) is 31.9. The Kier molecular flexibility index (Phi) is 16.4. The normalized spacial score (nSPS) is 19.9. The zero-order chi connectivity index (χ0) is 39.2. The largest absolute Gasteiger partial charge is 0.508 e. The Balaban J connectivity index is 1.45. The molecule has 0 bridgehead atoms. The second-order valence-electron chi connectivity index (χ2n) is 14.8. The number of likely N-dealkylation sites (tertiary alicyclic amines) is 2. The Morgan fingerprint density at radius 2 is 1.41 bits per heavy atom. The van der Waals surface area contributed by atoms with E-state index in [1.807, 2.05) is 6.92 Å². The van der Waals surface area contributed by atoms with Crippen LogP contribution in [0, 0.1) is 5.92 Å². The smallest absolute Gasteiger partial charge is 0.326 e. The van der Waals surface area contributed by atoms with Gasteiger partial charge in [0.1, 0.15) is 35.7 Å². The maximum atomic E-state index is 14.3. The maximum absolute atomic E-state index is 14.3. The molecule has 6 atom stereocenters. The van der Waals surface area contributed by atoms with Gasteiger partial charge in [-0.1, -0.05) is 56.9 Å². The summed E-state index contributed by atoms with van der Waals surface area (Å²) in [6.45, 7) is 2.62. The minimum Gasteiger partial charge on any atom is -0.508 e. The monoisotopic (exact) mass is 769 g/mol. The molecule has 7 N–H and O–H groups in total. The van der Waals surface area contributed by atoms with E-state index >= 15 is 0 Å². The summed E-state index contributed by atoms with van der Waals surface area (Å²) in [5.41, 5.74) is 7.78. The van der Waals surface area contributed by atoms with Gasteiger partial charge < -0.3 is 41.5 Å². The number of aromatic hydroxyl groups is 2. The average Bonchev–Trinajstić information content (AvgIpc) is 3.80. The van der Waals surface area contributed by atoms with Crippen molar-refractivity contribution in [1.29, 1.82) is 0 Å². The van der Waals surface area contributed by atoms with E-state index < -0.39 is 47.9 Å². The van der Waals surface area contributed by atoms with Crippen LogP contribution in [0.4, 0.5) is 0 Å². The lowest BCUT2D eigenvalue weighted by molar-refractivity contribution is -0.145. The number of nitrogens with one attached hydrogen (secondary N) is 2. The summed E-state index contributed by atoms with van der Waals surface area (Å²) in [6, 6.07) is 8.19. The van der Waals surface area contributed by atoms with E-state index in [-0.39, 0.29) is 55.2 Å². The lowest BCUT2D eigenvalue weighted by Crippen LogP contribution is -2.57. The van der Waals surface area contributed by atoms with Gasteiger partial charge in [0.05, 0.1) is 0 Å². The highest BCUT2D eigenvalue weighted by Gasteiger charge is 2.42. The van der Waals surface area contributed by atoms with Crippen molar-refractivity contribution in [3.63, 3.8) is 0 Å². The highest BCUT2D eigenvalue weighted by molar-refractivity contribution is 6.17. The molecule has 2 aliphatic rings. The van der Waals surface area contributed by atoms with Crippen molar-refractivity contribution in [1.82, 2.24) is 20.4 Å². The summed E-state index contributed by atoms with van der Waals surface area (Å²) in [6.07, 6.45) is 7.66. The summed E-state index contributed by atoms with van der Waals surface area (Å²) in [7, 11) is 0. The number of phenolic OH excluding ortho intramolecular Hbond substituents is 2. The van der Waals surface area contributed by atoms with Crippen LogP contribution in [0.5, 0.6) is 11.5 Å². The van der Waals surface area contributed by atoms with E-state index in [1.165, 1.54) is 17.0 Å². The van der Waals surface area contributed by atoms with E-state index in [4.69, 9.17) is 17.3 Å². The minimum atomic E-state index is -1.27. The quantitative estimate of drug-likeness (QED) is 0.0855. The van der Waals surface area contributed by atoms with Gasteiger partial charge in [-0.05, 0) is 86.3 Å². The number of halogens is 1. The first kappa shape index (κ1) is 42.4. The molecule has 2 fully saturated rings. The standard InChI is InChI=1S/C40H56ClN5O8/c1-26-22-35(46(25-26)36(49)24-29(42)8-5-3-2-4-6-20-41)38(51)43-32(19-14-27-10-15-30(47)16-11-27)39(52)45-21-7-9-34(45)37(50)44-33(40(53)54)23-28-12-17-31(48)18-13-28/h10-13,15-18,26,29,32-35,47-48H,2-9,14,19-25,42H2,1H3,(H,43,51)(H,44,50)(H,53,54). The van der Waals surface area contributed by atoms with Crippen molar-refractivity contribution in [3.05, 3.63) is 59.7 Å². The van der Waals surface area contributed by atoms with Crippen molar-refractivity contribution in [2.45, 2.75) is 121 Å². The van der Waals surface area contributed by atoms with Crippen LogP contribution in [0.15, 0.2) is 48.5 Å². The molecule has 14 heteroatoms. The summed E-state index contributed by atoms with van der Waals surface area (Å²) in [5, 5.41) is 34.8. The van der Waals surface area contributed by atoms with E-state index in [1.54, 1.807) is 41.3 Å². The fraction of sp³-hybridized carbons (Fsp3) is 0.575. The van der Waals surface area contributed by atoms with Crippen molar-refractivity contribution in [2.75, 3.05) is 19.0 Å². The molecular weight excluding hydrogens is 714 g/mol. The molecule has 6 unspecified atom stereocenters. The molecule has 2 aromatic rings. The summed E-state index contributed by atoms with van der Waals surface area (Å²) in [4.78, 5) is 70.5. The lowest BCUT2D eigenvalue weighted by atomic mass is 10.0. The topological polar surface area (TPSA) is 203 Å². The molecule has 0 radical (unpaired) electrons. The third-order valence-corrected chi connectivity index (χ3v) is 10.6. The Bertz CT molecular complexity index is 1560. The Morgan fingerprint density at radius 3 is 2.06 bits per heavy atom. The fourth-order valence-corrected chi connectivity index (χ4v) is 7.57. The number of nitrogens with zero attached hydrogens (tertiary/aromatic N) is 2. The molecule has 13 nitrogen and oxygen atoms in total. The molecule has 0 aromatic heterocycles. The van der Waals surface area contributed by atoms with Crippen molar-refractivity contribution >= 4 is 41.2 Å². The van der Waals surface area contributed by atoms with Gasteiger partial charge in [0, 0.05) is 37.9 Å². The van der Waals surface area contributed by atoms with Gasteiger partial charge in [-0.15, -0.1) is 11.6 Å². The first-order chi connectivity index (χ1) is 25.9. The number of aliphatic carboxylic acids is 1. The van der Waals surface area contributed by atoms with Crippen LogP contribution < -0.4 is 16.4 Å². The number of unbranched alkanes of at least 4 members (excludes halogenated alkanes) is 4. The average molecular weight is 770 g/mol. The van der Waals surface area contributed by atoms with Gasteiger partial charge >= 0.3 is 5.97 Å². The summed E-state index contributed by atoms with van der Waals surface area (Å²) < 4.78 is 0. The third-order valence-electron chi connectivity index (χ3n) is 10.4. The Labute approximate surface area is 322 Å². The van der Waals surface area contributed by atoms with Gasteiger partial charge in [0.2, 0.25) is 23.6 Å². The molecule has 0 saturated carbocycles. The number of carboxylic acids is 1. The lowest BCUT2D eigenvalue weighted by Gasteiger charge is -2.31. The second-order valence-corrected chi connectivity index (χ2v) is 15.2. The molecule has 54 heavy (non-hydrogen) atoms. The summed E-state index contributed by atoms with van der Waals surface area (Å²) >= 11 is 5.76. The number of nitrogens with two attached hydrogens (primary N) is 1. The fourth-order valence-electron chi connectivity index (χ4n) is 7.38. The van der Waals surface area contributed by atoms with E-state index in [2.05, 4.69) is 10.6 Å². The number of carboxylic acid groups (broad SMARTS) is 1. The Hall–Kier alpha value is -4.36. The van der Waals surface area contributed by atoms with Gasteiger partial charge in [0.25, 0.3) is 0 Å². The van der Waals surface area contributed by atoms with E-state index in [0.717, 1.165) is 37.7 Å². The minimum absolute atomic E-state index is 0.0255. The van der Waals surface area contributed by atoms with E-state index in [9.17, 15) is 39.3 Å². The number of amides is 4. The summed E-state index contributed by atoms with van der Waals surface area (Å²) in [5.74, 6) is -2.13. The highest BCUT2D eigenvalue weighted by atomic mass is 35.5. The molecular formula is C40H56ClN5O8. The maximum Gasteiger partial charge on any atom is 0.326 e. The zero-order valence-electron chi connectivity index (χ0n) is 31.1. The van der Waals surface area contributed by atoms with Crippen LogP contribution in [0.3, 0.4) is 0 Å². The van der Waals surface area contributed by atoms with Crippen molar-refractivity contribution < 1.29 is 39.3 Å². The van der Waals surface area contributed by atoms with Gasteiger partial charge in [-0.25, -0.2) is 4.79 Å². The Morgan fingerprint density at radius 1 is 0.815 bits per heavy atom. The number of phenols is 2. The van der Waals surface area contributed by atoms with Crippen molar-refractivity contribution in [2.24, 2.45) is 11.7 Å². The number of alkyl halides is 1. The number of benzene rings is 2. The van der Waals surface area contributed by atoms with Crippen LogP contribution in [0.2, 0.25) is 0 Å². The SMILES string of the molecule is CC1CC(C(=O)NC(CCc2ccc(O)cc2)C(=O)N2CCCC2C(=O)NC(Cc2ccc(O)cc2)C(=O)O)N(C(=O)CC(N)CCCCCCCCl)C1. The molecule has 296 valence electrons. The van der Waals surface area contributed by atoms with E-state index in [0.29, 0.717) is 50.1 Å². The molecule has 4 amide bonds. The van der Waals surface area contributed by atoms with Crippen LogP contribution in [-0.2, 0) is 36.8 Å². The molecule has 2 heterocycles. The van der Waals surface area contributed by atoms with Crippen LogP contribution in [0.1, 0.15) is 88.7 Å². The molecule has 2 aliphatic heterocycles. The molecule has 0 aliphatic carbocycles. The molecule has 2 aromatic carbocycles. The number of aryl methyl sites for hydroxylation is 1. The number of carbonyl (C=O) groups excluding carboxylic acids is 4. The predicted molar refractivity (Wildman–Crippen MR) is 205 cm³/mol.